The summed E-state index contributed by atoms with van der Waals surface area (Å²) < 4.78 is 0. The summed E-state index contributed by atoms with van der Waals surface area (Å²) in [6.45, 7) is 1.86. The summed E-state index contributed by atoms with van der Waals surface area (Å²) in [4.78, 5) is 19.6. The number of amides is 1. The number of hydrogen-bond acceptors (Lipinski definition) is 5. The lowest BCUT2D eigenvalue weighted by molar-refractivity contribution is 0.0929. The third-order valence-corrected chi connectivity index (χ3v) is 2.82. The van der Waals surface area contributed by atoms with E-state index < -0.39 is 13.0 Å². The molecule has 0 unspecified atom stereocenters. The van der Waals surface area contributed by atoms with Crippen LogP contribution in [0.2, 0.25) is 0 Å². The number of carbonyl (C=O) groups is 1. The van der Waals surface area contributed by atoms with Gasteiger partial charge in [-0.1, -0.05) is 30.3 Å². The number of hydrogen-bond donors (Lipinski definition) is 3. The average molecular weight is 271 g/mol. The normalized spacial score (nSPS) is 11.8. The SMILES string of the molecule is C[C@@H](NC(=O)c1ncc(B(O)O)cn1)c1ccccc1. The van der Waals surface area contributed by atoms with Gasteiger partial charge in [0.05, 0.1) is 6.04 Å². The second kappa shape index (κ2) is 6.27. The molecule has 3 N–H and O–H groups in total. The van der Waals surface area contributed by atoms with Crippen molar-refractivity contribution >= 4 is 18.5 Å². The Labute approximate surface area is 116 Å². The maximum Gasteiger partial charge on any atom is 0.491 e. The fourth-order valence-corrected chi connectivity index (χ4v) is 1.67. The smallest absolute Gasteiger partial charge is 0.423 e. The molecule has 1 aromatic heterocycles. The predicted molar refractivity (Wildman–Crippen MR) is 74.2 cm³/mol. The highest BCUT2D eigenvalue weighted by atomic mass is 16.4. The van der Waals surface area contributed by atoms with Gasteiger partial charge in [0.1, 0.15) is 0 Å². The first-order chi connectivity index (χ1) is 9.58. The van der Waals surface area contributed by atoms with E-state index in [0.717, 1.165) is 5.56 Å². The van der Waals surface area contributed by atoms with Crippen molar-refractivity contribution in [2.75, 3.05) is 0 Å². The molecular formula is C13H14BN3O3. The Morgan fingerprint density at radius 3 is 2.35 bits per heavy atom. The molecule has 0 radical (unpaired) electrons. The molecule has 1 aromatic carbocycles. The Bertz CT molecular complexity index is 575. The van der Waals surface area contributed by atoms with E-state index >= 15 is 0 Å². The van der Waals surface area contributed by atoms with Crippen LogP contribution in [0.4, 0.5) is 0 Å². The Balaban J connectivity index is 2.05. The van der Waals surface area contributed by atoms with Gasteiger partial charge in [0.25, 0.3) is 5.91 Å². The fourth-order valence-electron chi connectivity index (χ4n) is 1.67. The predicted octanol–water partition coefficient (Wildman–Crippen LogP) is -0.353. The lowest BCUT2D eigenvalue weighted by Gasteiger charge is -2.13. The van der Waals surface area contributed by atoms with E-state index in [1.54, 1.807) is 0 Å². The highest BCUT2D eigenvalue weighted by Gasteiger charge is 2.16. The maximum atomic E-state index is 11.9. The topological polar surface area (TPSA) is 95.3 Å². The summed E-state index contributed by atoms with van der Waals surface area (Å²) in [6.07, 6.45) is 2.42. The van der Waals surface area contributed by atoms with Gasteiger partial charge in [0.15, 0.2) is 0 Å². The molecule has 0 saturated heterocycles. The van der Waals surface area contributed by atoms with Crippen LogP contribution >= 0.6 is 0 Å². The van der Waals surface area contributed by atoms with Crippen LogP contribution in [0.25, 0.3) is 0 Å². The lowest BCUT2D eigenvalue weighted by atomic mass is 9.83. The number of benzene rings is 1. The minimum atomic E-state index is -1.64. The van der Waals surface area contributed by atoms with Crippen LogP contribution in [0.5, 0.6) is 0 Å². The molecule has 7 heteroatoms. The third kappa shape index (κ3) is 3.40. The Kier molecular flexibility index (Phi) is 4.44. The zero-order chi connectivity index (χ0) is 14.5. The second-order valence-electron chi connectivity index (χ2n) is 4.32. The van der Waals surface area contributed by atoms with Crippen LogP contribution in [0.1, 0.15) is 29.1 Å². The number of nitrogens with zero attached hydrogens (tertiary/aromatic N) is 2. The third-order valence-electron chi connectivity index (χ3n) is 2.82. The van der Waals surface area contributed by atoms with Crippen molar-refractivity contribution in [3.63, 3.8) is 0 Å². The molecule has 1 atom stereocenters. The van der Waals surface area contributed by atoms with E-state index in [-0.39, 0.29) is 17.3 Å². The van der Waals surface area contributed by atoms with Crippen molar-refractivity contribution in [1.82, 2.24) is 15.3 Å². The molecule has 1 amide bonds. The first kappa shape index (κ1) is 14.2. The van der Waals surface area contributed by atoms with E-state index in [1.165, 1.54) is 12.4 Å². The van der Waals surface area contributed by atoms with Gasteiger partial charge in [-0.25, -0.2) is 9.97 Å². The van der Waals surface area contributed by atoms with E-state index in [4.69, 9.17) is 10.0 Å². The maximum absolute atomic E-state index is 11.9. The fraction of sp³-hybridized carbons (Fsp3) is 0.154. The first-order valence-electron chi connectivity index (χ1n) is 6.12. The molecule has 20 heavy (non-hydrogen) atoms. The first-order valence-corrected chi connectivity index (χ1v) is 6.12. The van der Waals surface area contributed by atoms with Crippen LogP contribution in [-0.4, -0.2) is 33.0 Å². The minimum absolute atomic E-state index is 0.0165. The molecule has 0 saturated carbocycles. The standard InChI is InChI=1S/C13H14BN3O3/c1-9(10-5-3-2-4-6-10)17-13(18)12-15-7-11(8-16-12)14(19)20/h2-9,19-20H,1H3,(H,17,18)/t9-/m1/s1. The van der Waals surface area contributed by atoms with Crippen LogP contribution in [0, 0.1) is 0 Å². The van der Waals surface area contributed by atoms with Crippen molar-refractivity contribution in [2.24, 2.45) is 0 Å². The molecular weight excluding hydrogens is 257 g/mol. The molecule has 1 heterocycles. The number of aromatic nitrogens is 2. The van der Waals surface area contributed by atoms with Crippen LogP contribution < -0.4 is 10.8 Å². The largest absolute Gasteiger partial charge is 0.491 e. The Hall–Kier alpha value is -2.25. The molecule has 0 fully saturated rings. The number of rotatable bonds is 4. The zero-order valence-electron chi connectivity index (χ0n) is 10.9. The van der Waals surface area contributed by atoms with Crippen LogP contribution in [-0.2, 0) is 0 Å². The lowest BCUT2D eigenvalue weighted by Crippen LogP contribution is -2.33. The van der Waals surface area contributed by atoms with Crippen molar-refractivity contribution in [1.29, 1.82) is 0 Å². The van der Waals surface area contributed by atoms with Crippen molar-refractivity contribution in [3.8, 4) is 0 Å². The van der Waals surface area contributed by atoms with E-state index in [1.807, 2.05) is 37.3 Å². The molecule has 0 spiro atoms. The van der Waals surface area contributed by atoms with Crippen molar-refractivity contribution in [3.05, 3.63) is 54.1 Å². The molecule has 0 aliphatic carbocycles. The summed E-state index contributed by atoms with van der Waals surface area (Å²) in [5, 5.41) is 20.6. The minimum Gasteiger partial charge on any atom is -0.423 e. The summed E-state index contributed by atoms with van der Waals surface area (Å²) in [7, 11) is -1.64. The van der Waals surface area contributed by atoms with E-state index in [0.29, 0.717) is 0 Å². The summed E-state index contributed by atoms with van der Waals surface area (Å²) in [5.74, 6) is -0.433. The van der Waals surface area contributed by atoms with Gasteiger partial charge in [-0.2, -0.15) is 0 Å². The van der Waals surface area contributed by atoms with Gasteiger partial charge in [0, 0.05) is 17.9 Å². The summed E-state index contributed by atoms with van der Waals surface area (Å²) in [6, 6.07) is 9.35. The molecule has 6 nitrogen and oxygen atoms in total. The van der Waals surface area contributed by atoms with E-state index in [9.17, 15) is 4.79 Å². The Morgan fingerprint density at radius 2 is 1.80 bits per heavy atom. The highest BCUT2D eigenvalue weighted by Crippen LogP contribution is 2.11. The second-order valence-corrected chi connectivity index (χ2v) is 4.32. The van der Waals surface area contributed by atoms with Crippen molar-refractivity contribution < 1.29 is 14.8 Å². The number of nitrogens with one attached hydrogen (secondary N) is 1. The zero-order valence-corrected chi connectivity index (χ0v) is 10.9. The van der Waals surface area contributed by atoms with Gasteiger partial charge in [0.2, 0.25) is 5.82 Å². The van der Waals surface area contributed by atoms with Crippen LogP contribution in [0.15, 0.2) is 42.7 Å². The molecule has 2 aromatic rings. The van der Waals surface area contributed by atoms with Gasteiger partial charge in [-0.3, -0.25) is 4.79 Å². The van der Waals surface area contributed by atoms with E-state index in [2.05, 4.69) is 15.3 Å². The summed E-state index contributed by atoms with van der Waals surface area (Å²) >= 11 is 0. The van der Waals surface area contributed by atoms with Gasteiger partial charge >= 0.3 is 7.12 Å². The monoisotopic (exact) mass is 271 g/mol. The molecule has 2 rings (SSSR count). The quantitative estimate of drug-likeness (QED) is 0.660. The van der Waals surface area contributed by atoms with Crippen molar-refractivity contribution in [2.45, 2.75) is 13.0 Å². The average Bonchev–Trinajstić information content (AvgIpc) is 2.48. The molecule has 0 aliphatic rings. The Morgan fingerprint density at radius 1 is 1.20 bits per heavy atom. The summed E-state index contributed by atoms with van der Waals surface area (Å²) in [5.41, 5.74) is 1.11. The van der Waals surface area contributed by atoms with Gasteiger partial charge in [-0.05, 0) is 12.5 Å². The highest BCUT2D eigenvalue weighted by molar-refractivity contribution is 6.58. The number of carbonyl (C=O) groups excluding carboxylic acids is 1. The van der Waals surface area contributed by atoms with Gasteiger partial charge in [-0.15, -0.1) is 0 Å². The molecule has 0 aliphatic heterocycles. The van der Waals surface area contributed by atoms with Gasteiger partial charge < -0.3 is 15.4 Å². The molecule has 102 valence electrons. The van der Waals surface area contributed by atoms with Crippen LogP contribution in [0.3, 0.4) is 0 Å². The molecule has 0 bridgehead atoms.